The van der Waals surface area contributed by atoms with Gasteiger partial charge < -0.3 is 5.32 Å². The van der Waals surface area contributed by atoms with Gasteiger partial charge in [0.25, 0.3) is 15.7 Å². The van der Waals surface area contributed by atoms with Gasteiger partial charge in [-0.3, -0.25) is 14.8 Å². The molecule has 2 aromatic rings. The molecule has 0 aromatic heterocycles. The largest absolute Gasteiger partial charge is 0.376 e. The van der Waals surface area contributed by atoms with Gasteiger partial charge in [0.15, 0.2) is 0 Å². The SMILES string of the molecule is C=CCNc1ccc(S(=O)(=O)Nc2ccccc2)cc1[N+](=O)[O-]. The average molecular weight is 333 g/mol. The van der Waals surface area contributed by atoms with Gasteiger partial charge in [0.1, 0.15) is 5.69 Å². The number of hydrogen-bond acceptors (Lipinski definition) is 5. The van der Waals surface area contributed by atoms with E-state index in [9.17, 15) is 18.5 Å². The minimum Gasteiger partial charge on any atom is -0.376 e. The van der Waals surface area contributed by atoms with E-state index in [2.05, 4.69) is 16.6 Å². The first-order valence-electron chi connectivity index (χ1n) is 6.65. The maximum absolute atomic E-state index is 12.3. The van der Waals surface area contributed by atoms with Crippen LogP contribution in [-0.2, 0) is 10.0 Å². The summed E-state index contributed by atoms with van der Waals surface area (Å²) >= 11 is 0. The summed E-state index contributed by atoms with van der Waals surface area (Å²) in [6.45, 7) is 3.84. The Bertz CT molecular complexity index is 820. The molecule has 0 aliphatic carbocycles. The first-order valence-corrected chi connectivity index (χ1v) is 8.13. The Labute approximate surface area is 133 Å². The Balaban J connectivity index is 2.37. The molecule has 7 nitrogen and oxygen atoms in total. The molecule has 23 heavy (non-hydrogen) atoms. The molecule has 8 heteroatoms. The van der Waals surface area contributed by atoms with Crippen molar-refractivity contribution >= 4 is 27.1 Å². The summed E-state index contributed by atoms with van der Waals surface area (Å²) in [5.74, 6) is 0. The summed E-state index contributed by atoms with van der Waals surface area (Å²) in [6, 6.07) is 12.0. The quantitative estimate of drug-likeness (QED) is 0.461. The predicted octanol–water partition coefficient (Wildman–Crippen LogP) is 2.99. The lowest BCUT2D eigenvalue weighted by molar-refractivity contribution is -0.384. The highest BCUT2D eigenvalue weighted by Crippen LogP contribution is 2.28. The minimum atomic E-state index is -3.91. The Kier molecular flexibility index (Phi) is 4.97. The number of sulfonamides is 1. The highest BCUT2D eigenvalue weighted by Gasteiger charge is 2.21. The predicted molar refractivity (Wildman–Crippen MR) is 89.0 cm³/mol. The number of nitro groups is 1. The molecule has 0 spiro atoms. The molecule has 2 N–H and O–H groups in total. The number of rotatable bonds is 7. The lowest BCUT2D eigenvalue weighted by Gasteiger charge is -2.10. The van der Waals surface area contributed by atoms with Crippen molar-refractivity contribution in [1.29, 1.82) is 0 Å². The van der Waals surface area contributed by atoms with Crippen LogP contribution in [0, 0.1) is 10.1 Å². The number of benzene rings is 2. The Morgan fingerprint density at radius 2 is 1.87 bits per heavy atom. The molecule has 0 heterocycles. The minimum absolute atomic E-state index is 0.183. The van der Waals surface area contributed by atoms with Gasteiger partial charge in [-0.25, -0.2) is 8.42 Å². The number of anilines is 2. The molecule has 0 aliphatic rings. The van der Waals surface area contributed by atoms with Crippen molar-refractivity contribution in [2.45, 2.75) is 4.90 Å². The summed E-state index contributed by atoms with van der Waals surface area (Å²) in [7, 11) is -3.91. The average Bonchev–Trinajstić information content (AvgIpc) is 2.53. The number of nitrogens with one attached hydrogen (secondary N) is 2. The van der Waals surface area contributed by atoms with Gasteiger partial charge >= 0.3 is 0 Å². The molecule has 0 fully saturated rings. The first kappa shape index (κ1) is 16.5. The monoisotopic (exact) mass is 333 g/mol. The van der Waals surface area contributed by atoms with Crippen LogP contribution in [0.1, 0.15) is 0 Å². The van der Waals surface area contributed by atoms with Gasteiger partial charge in [-0.2, -0.15) is 0 Å². The molecule has 0 aliphatic heterocycles. The van der Waals surface area contributed by atoms with Gasteiger partial charge in [0.05, 0.1) is 9.82 Å². The third kappa shape index (κ3) is 4.07. The van der Waals surface area contributed by atoms with Crippen molar-refractivity contribution in [2.24, 2.45) is 0 Å². The van der Waals surface area contributed by atoms with E-state index in [4.69, 9.17) is 0 Å². The fraction of sp³-hybridized carbons (Fsp3) is 0.0667. The maximum Gasteiger partial charge on any atom is 0.293 e. The summed E-state index contributed by atoms with van der Waals surface area (Å²) in [5, 5.41) is 13.9. The lowest BCUT2D eigenvalue weighted by Crippen LogP contribution is -2.13. The maximum atomic E-state index is 12.3. The summed E-state index contributed by atoms with van der Waals surface area (Å²) in [4.78, 5) is 10.3. The van der Waals surface area contributed by atoms with Crippen molar-refractivity contribution < 1.29 is 13.3 Å². The molecule has 0 saturated carbocycles. The van der Waals surface area contributed by atoms with Gasteiger partial charge in [-0.05, 0) is 24.3 Å². The van der Waals surface area contributed by atoms with Gasteiger partial charge in [0.2, 0.25) is 0 Å². The van der Waals surface area contributed by atoms with E-state index in [1.165, 1.54) is 12.1 Å². The van der Waals surface area contributed by atoms with Crippen LogP contribution in [0.2, 0.25) is 0 Å². The van der Waals surface area contributed by atoms with E-state index in [0.717, 1.165) is 6.07 Å². The van der Waals surface area contributed by atoms with Crippen molar-refractivity contribution in [1.82, 2.24) is 0 Å². The molecule has 2 rings (SSSR count). The normalized spacial score (nSPS) is 10.8. The van der Waals surface area contributed by atoms with Crippen LogP contribution in [0.5, 0.6) is 0 Å². The highest BCUT2D eigenvalue weighted by atomic mass is 32.2. The third-order valence-electron chi connectivity index (χ3n) is 2.94. The molecule has 2 aromatic carbocycles. The second-order valence-electron chi connectivity index (χ2n) is 4.58. The van der Waals surface area contributed by atoms with Crippen LogP contribution >= 0.6 is 0 Å². The van der Waals surface area contributed by atoms with Crippen LogP contribution in [-0.4, -0.2) is 19.9 Å². The van der Waals surface area contributed by atoms with Crippen LogP contribution in [0.3, 0.4) is 0 Å². The molecule has 0 atom stereocenters. The van der Waals surface area contributed by atoms with Crippen molar-refractivity contribution in [3.63, 3.8) is 0 Å². The van der Waals surface area contributed by atoms with Crippen LogP contribution in [0.4, 0.5) is 17.1 Å². The molecular weight excluding hydrogens is 318 g/mol. The molecule has 0 unspecified atom stereocenters. The van der Waals surface area contributed by atoms with E-state index in [1.807, 2.05) is 0 Å². The number of hydrogen-bond donors (Lipinski definition) is 2. The zero-order valence-electron chi connectivity index (χ0n) is 12.1. The second-order valence-corrected chi connectivity index (χ2v) is 6.26. The van der Waals surface area contributed by atoms with E-state index in [0.29, 0.717) is 12.2 Å². The Morgan fingerprint density at radius 3 is 2.48 bits per heavy atom. The number of nitro benzene ring substituents is 1. The van der Waals surface area contributed by atoms with Crippen molar-refractivity contribution in [3.05, 3.63) is 71.3 Å². The molecule has 0 radical (unpaired) electrons. The third-order valence-corrected chi connectivity index (χ3v) is 4.32. The van der Waals surface area contributed by atoms with Crippen LogP contribution in [0.15, 0.2) is 66.1 Å². The zero-order valence-corrected chi connectivity index (χ0v) is 12.9. The number of para-hydroxylation sites is 1. The molecule has 120 valence electrons. The van der Waals surface area contributed by atoms with E-state index in [-0.39, 0.29) is 16.3 Å². The standard InChI is InChI=1S/C15H15N3O4S/c1-2-10-16-14-9-8-13(11-15(14)18(19)20)23(21,22)17-12-6-4-3-5-7-12/h2-9,11,16-17H,1,10H2. The van der Waals surface area contributed by atoms with Crippen LogP contribution < -0.4 is 10.0 Å². The molecular formula is C15H15N3O4S. The summed E-state index contributed by atoms with van der Waals surface area (Å²) in [6.07, 6.45) is 1.55. The molecule has 0 bridgehead atoms. The topological polar surface area (TPSA) is 101 Å². The van der Waals surface area contributed by atoms with Crippen molar-refractivity contribution in [2.75, 3.05) is 16.6 Å². The van der Waals surface area contributed by atoms with Gasteiger partial charge in [-0.1, -0.05) is 24.3 Å². The Hall–Kier alpha value is -2.87. The molecule has 0 saturated heterocycles. The summed E-state index contributed by atoms with van der Waals surface area (Å²) in [5.41, 5.74) is 0.292. The highest BCUT2D eigenvalue weighted by molar-refractivity contribution is 7.92. The zero-order chi connectivity index (χ0) is 16.9. The molecule has 0 amide bonds. The van der Waals surface area contributed by atoms with Crippen molar-refractivity contribution in [3.8, 4) is 0 Å². The number of nitrogens with zero attached hydrogens (tertiary/aromatic N) is 1. The second kappa shape index (κ2) is 6.93. The fourth-order valence-corrected chi connectivity index (χ4v) is 2.96. The first-order chi connectivity index (χ1) is 10.9. The van der Waals surface area contributed by atoms with E-state index in [1.54, 1.807) is 36.4 Å². The lowest BCUT2D eigenvalue weighted by atomic mass is 10.2. The fourth-order valence-electron chi connectivity index (χ4n) is 1.88. The Morgan fingerprint density at radius 1 is 1.17 bits per heavy atom. The van der Waals surface area contributed by atoms with Gasteiger partial charge in [-0.15, -0.1) is 6.58 Å². The van der Waals surface area contributed by atoms with Gasteiger partial charge in [0, 0.05) is 18.3 Å². The smallest absolute Gasteiger partial charge is 0.293 e. The van der Waals surface area contributed by atoms with Crippen LogP contribution in [0.25, 0.3) is 0 Å². The summed E-state index contributed by atoms with van der Waals surface area (Å²) < 4.78 is 27.0. The van der Waals surface area contributed by atoms with E-state index < -0.39 is 14.9 Å². The van der Waals surface area contributed by atoms with E-state index >= 15 is 0 Å².